The summed E-state index contributed by atoms with van der Waals surface area (Å²) >= 11 is 0. The van der Waals surface area contributed by atoms with E-state index >= 15 is 0 Å². The first-order chi connectivity index (χ1) is 2.41. The van der Waals surface area contributed by atoms with E-state index in [0.717, 1.165) is 13.1 Å². The van der Waals surface area contributed by atoms with Gasteiger partial charge in [0.25, 0.3) is 0 Å². The third kappa shape index (κ3) is 19.6. The second-order valence-corrected chi connectivity index (χ2v) is 0.957. The Morgan fingerprint density at radius 3 is 1.43 bits per heavy atom. The third-order valence-corrected chi connectivity index (χ3v) is 0.500. The molecule has 7 heavy (non-hydrogen) atoms. The molecule has 41 valence electrons. The van der Waals surface area contributed by atoms with Crippen molar-refractivity contribution in [1.82, 2.24) is 5.32 Å². The largest absolute Gasteiger partial charge is 0.412 e. The van der Waals surface area contributed by atoms with Crippen LogP contribution in [0.5, 0.6) is 0 Å². The first-order valence-electron chi connectivity index (χ1n) is 2.12. The molecule has 0 atom stereocenters. The Labute approximate surface area is 67.3 Å². The first kappa shape index (κ1) is 15.7. The molecule has 3 N–H and O–H groups in total. The second-order valence-electron chi connectivity index (χ2n) is 0.957. The molecule has 0 bridgehead atoms. The zero-order valence-corrected chi connectivity index (χ0v) is 7.41. The average molecular weight is 114 g/mol. The van der Waals surface area contributed by atoms with E-state index < -0.39 is 0 Å². The molecule has 1 radical (unpaired) electrons. The van der Waals surface area contributed by atoms with Gasteiger partial charge in [0, 0.05) is 29.6 Å². The van der Waals surface area contributed by atoms with Crippen molar-refractivity contribution >= 4 is 29.6 Å². The first-order valence-corrected chi connectivity index (χ1v) is 2.12. The standard InChI is InChI=1S/C4H11N.Na.H2O/c1-3-5-4-2;;/h5H,3-4H2,1-2H3;;1H2. The summed E-state index contributed by atoms with van der Waals surface area (Å²) in [5.41, 5.74) is 0. The Kier molecular flexibility index (Phi) is 35.3. The summed E-state index contributed by atoms with van der Waals surface area (Å²) in [5, 5.41) is 3.11. The topological polar surface area (TPSA) is 43.5 Å². The molecule has 0 aromatic heterocycles. The van der Waals surface area contributed by atoms with Crippen LogP contribution in [0.25, 0.3) is 0 Å². The van der Waals surface area contributed by atoms with E-state index in [1.807, 2.05) is 0 Å². The minimum Gasteiger partial charge on any atom is -0.412 e. The van der Waals surface area contributed by atoms with E-state index in [4.69, 9.17) is 0 Å². The van der Waals surface area contributed by atoms with Crippen molar-refractivity contribution in [1.29, 1.82) is 0 Å². The number of hydrogen-bond acceptors (Lipinski definition) is 1. The molecule has 0 heterocycles. The Balaban J connectivity index is -0.0000000800. The molecule has 0 aromatic rings. The molecule has 3 heteroatoms. The van der Waals surface area contributed by atoms with Gasteiger partial charge in [-0.2, -0.15) is 0 Å². The maximum Gasteiger partial charge on any atom is 0 e. The van der Waals surface area contributed by atoms with Crippen LogP contribution in [0.4, 0.5) is 0 Å². The van der Waals surface area contributed by atoms with E-state index in [9.17, 15) is 0 Å². The van der Waals surface area contributed by atoms with Gasteiger partial charge in [-0.3, -0.25) is 0 Å². The van der Waals surface area contributed by atoms with Crippen molar-refractivity contribution in [3.8, 4) is 0 Å². The van der Waals surface area contributed by atoms with Gasteiger partial charge in [-0.1, -0.05) is 13.8 Å². The number of rotatable bonds is 2. The molecule has 0 amide bonds. The van der Waals surface area contributed by atoms with Gasteiger partial charge in [-0.15, -0.1) is 0 Å². The molecule has 0 aliphatic carbocycles. The SMILES string of the molecule is CCNCC.O.[Na]. The molecular formula is C4H13NNaO. The number of nitrogens with one attached hydrogen (secondary N) is 1. The van der Waals surface area contributed by atoms with Gasteiger partial charge in [0.05, 0.1) is 0 Å². The molecule has 2 nitrogen and oxygen atoms in total. The summed E-state index contributed by atoms with van der Waals surface area (Å²) in [7, 11) is 0. The van der Waals surface area contributed by atoms with Crippen molar-refractivity contribution in [3.63, 3.8) is 0 Å². The Morgan fingerprint density at radius 2 is 1.43 bits per heavy atom. The molecule has 0 unspecified atom stereocenters. The molecule has 0 fully saturated rings. The van der Waals surface area contributed by atoms with Crippen molar-refractivity contribution in [3.05, 3.63) is 0 Å². The van der Waals surface area contributed by atoms with Crippen LogP contribution >= 0.6 is 0 Å². The maximum atomic E-state index is 3.11. The molecule has 0 saturated heterocycles. The van der Waals surface area contributed by atoms with Crippen LogP contribution in [0.2, 0.25) is 0 Å². The van der Waals surface area contributed by atoms with Crippen LogP contribution in [0.3, 0.4) is 0 Å². The van der Waals surface area contributed by atoms with Crippen LogP contribution in [0, 0.1) is 0 Å². The summed E-state index contributed by atoms with van der Waals surface area (Å²) in [6.45, 7) is 6.39. The molecule has 0 spiro atoms. The van der Waals surface area contributed by atoms with Crippen molar-refractivity contribution in [2.45, 2.75) is 13.8 Å². The van der Waals surface area contributed by atoms with E-state index in [0.29, 0.717) is 0 Å². The predicted octanol–water partition coefficient (Wildman–Crippen LogP) is -0.590. The Hall–Kier alpha value is 0.920. The van der Waals surface area contributed by atoms with Crippen LogP contribution < -0.4 is 5.32 Å². The summed E-state index contributed by atoms with van der Waals surface area (Å²) < 4.78 is 0. The zero-order valence-electron chi connectivity index (χ0n) is 5.41. The van der Waals surface area contributed by atoms with Gasteiger partial charge in [0.1, 0.15) is 0 Å². The van der Waals surface area contributed by atoms with Gasteiger partial charge < -0.3 is 10.8 Å². The minimum atomic E-state index is 0. The molecular weight excluding hydrogens is 101 g/mol. The summed E-state index contributed by atoms with van der Waals surface area (Å²) in [6, 6.07) is 0. The molecule has 0 saturated carbocycles. The van der Waals surface area contributed by atoms with Crippen LogP contribution in [-0.2, 0) is 0 Å². The smallest absolute Gasteiger partial charge is 0 e. The monoisotopic (exact) mass is 114 g/mol. The van der Waals surface area contributed by atoms with Gasteiger partial charge in [-0.05, 0) is 13.1 Å². The fourth-order valence-electron chi connectivity index (χ4n) is 0.250. The van der Waals surface area contributed by atoms with Crippen molar-refractivity contribution < 1.29 is 5.48 Å². The average Bonchev–Trinajstić information content (AvgIpc) is 1.41. The zero-order chi connectivity index (χ0) is 4.12. The van der Waals surface area contributed by atoms with Gasteiger partial charge >= 0.3 is 0 Å². The second kappa shape index (κ2) is 15.8. The summed E-state index contributed by atoms with van der Waals surface area (Å²) in [4.78, 5) is 0. The Bertz CT molecular complexity index is 19.2. The summed E-state index contributed by atoms with van der Waals surface area (Å²) in [6.07, 6.45) is 0. The van der Waals surface area contributed by atoms with Gasteiger partial charge in [0.15, 0.2) is 0 Å². The van der Waals surface area contributed by atoms with Crippen LogP contribution in [0.1, 0.15) is 13.8 Å². The van der Waals surface area contributed by atoms with Crippen LogP contribution in [-0.4, -0.2) is 48.1 Å². The molecule has 0 aliphatic heterocycles. The van der Waals surface area contributed by atoms with E-state index in [-0.39, 0.29) is 35.0 Å². The molecule has 0 rings (SSSR count). The van der Waals surface area contributed by atoms with E-state index in [1.54, 1.807) is 0 Å². The van der Waals surface area contributed by atoms with Crippen molar-refractivity contribution in [2.24, 2.45) is 0 Å². The Morgan fingerprint density at radius 1 is 1.14 bits per heavy atom. The molecule has 0 aromatic carbocycles. The van der Waals surface area contributed by atoms with Gasteiger partial charge in [0.2, 0.25) is 0 Å². The normalized spacial score (nSPS) is 6.00. The summed E-state index contributed by atoms with van der Waals surface area (Å²) in [5.74, 6) is 0. The quantitative estimate of drug-likeness (QED) is 0.479. The van der Waals surface area contributed by atoms with E-state index in [1.165, 1.54) is 0 Å². The van der Waals surface area contributed by atoms with Crippen LogP contribution in [0.15, 0.2) is 0 Å². The van der Waals surface area contributed by atoms with E-state index in [2.05, 4.69) is 19.2 Å². The fraction of sp³-hybridized carbons (Fsp3) is 1.00. The van der Waals surface area contributed by atoms with Crippen molar-refractivity contribution in [2.75, 3.05) is 13.1 Å². The third-order valence-electron chi connectivity index (χ3n) is 0.500. The van der Waals surface area contributed by atoms with Gasteiger partial charge in [-0.25, -0.2) is 0 Å². The number of hydrogen-bond donors (Lipinski definition) is 1. The maximum absolute atomic E-state index is 3.11. The fourth-order valence-corrected chi connectivity index (χ4v) is 0.250. The predicted molar refractivity (Wildman–Crippen MR) is 33.6 cm³/mol. The minimum absolute atomic E-state index is 0. The molecule has 0 aliphatic rings.